The van der Waals surface area contributed by atoms with E-state index in [9.17, 15) is 5.11 Å². The van der Waals surface area contributed by atoms with Crippen LogP contribution in [0.2, 0.25) is 0 Å². The second-order valence-corrected chi connectivity index (χ2v) is 6.75. The summed E-state index contributed by atoms with van der Waals surface area (Å²) in [6.07, 6.45) is 4.28. The topological polar surface area (TPSA) is 23.5 Å². The van der Waals surface area contributed by atoms with Crippen molar-refractivity contribution in [2.75, 3.05) is 13.6 Å². The Labute approximate surface area is 109 Å². The van der Waals surface area contributed by atoms with Gasteiger partial charge in [-0.1, -0.05) is 12.8 Å². The maximum absolute atomic E-state index is 10.3. The molecule has 0 aromatic carbocycles. The lowest BCUT2D eigenvalue weighted by Crippen LogP contribution is -2.38. The quantitative estimate of drug-likeness (QED) is 0.923. The van der Waals surface area contributed by atoms with Crippen LogP contribution in [0.15, 0.2) is 15.9 Å². The minimum atomic E-state index is -0.427. The summed E-state index contributed by atoms with van der Waals surface area (Å²) in [6, 6.07) is 2.15. The van der Waals surface area contributed by atoms with Crippen LogP contribution < -0.4 is 0 Å². The molecule has 0 atom stereocenters. The van der Waals surface area contributed by atoms with Crippen molar-refractivity contribution in [2.24, 2.45) is 0 Å². The van der Waals surface area contributed by atoms with Gasteiger partial charge in [-0.2, -0.15) is 0 Å². The summed E-state index contributed by atoms with van der Waals surface area (Å²) >= 11 is 5.23. The van der Waals surface area contributed by atoms with Gasteiger partial charge in [-0.15, -0.1) is 11.3 Å². The summed E-state index contributed by atoms with van der Waals surface area (Å²) in [6.45, 7) is 1.72. The number of rotatable bonds is 4. The van der Waals surface area contributed by atoms with Crippen molar-refractivity contribution in [1.82, 2.24) is 4.90 Å². The molecule has 1 N–H and O–H groups in total. The molecule has 0 unspecified atom stereocenters. The van der Waals surface area contributed by atoms with Gasteiger partial charge in [-0.05, 0) is 41.9 Å². The molecule has 16 heavy (non-hydrogen) atoms. The molecule has 1 aromatic rings. The number of hydrogen-bond donors (Lipinski definition) is 1. The van der Waals surface area contributed by atoms with Gasteiger partial charge in [0.25, 0.3) is 0 Å². The minimum absolute atomic E-state index is 0.427. The van der Waals surface area contributed by atoms with E-state index in [4.69, 9.17) is 0 Å². The van der Waals surface area contributed by atoms with Crippen molar-refractivity contribution >= 4 is 27.3 Å². The molecule has 0 amide bonds. The van der Waals surface area contributed by atoms with Crippen molar-refractivity contribution in [3.8, 4) is 0 Å². The molecular weight excluding hydrogens is 286 g/mol. The predicted molar refractivity (Wildman–Crippen MR) is 71.8 cm³/mol. The van der Waals surface area contributed by atoms with E-state index in [-0.39, 0.29) is 0 Å². The molecule has 1 saturated carbocycles. The second kappa shape index (κ2) is 5.17. The first-order valence-corrected chi connectivity index (χ1v) is 7.38. The standard InChI is InChI=1S/C12H18BrNOS/c1-14(7-11-6-10(13)8-16-11)9-12(15)4-2-3-5-12/h6,8,15H,2-5,7,9H2,1H3. The molecule has 0 spiro atoms. The molecule has 1 aliphatic carbocycles. The van der Waals surface area contributed by atoms with Gasteiger partial charge in [-0.3, -0.25) is 4.90 Å². The fraction of sp³-hybridized carbons (Fsp3) is 0.667. The van der Waals surface area contributed by atoms with Crippen molar-refractivity contribution in [3.63, 3.8) is 0 Å². The average molecular weight is 304 g/mol. The fourth-order valence-electron chi connectivity index (χ4n) is 2.45. The summed E-state index contributed by atoms with van der Waals surface area (Å²) in [5.41, 5.74) is -0.427. The fourth-order valence-corrected chi connectivity index (χ4v) is 3.98. The molecule has 0 radical (unpaired) electrons. The first kappa shape index (κ1) is 12.6. The molecule has 1 fully saturated rings. The number of thiophene rings is 1. The van der Waals surface area contributed by atoms with E-state index in [1.54, 1.807) is 11.3 Å². The molecule has 4 heteroatoms. The number of aliphatic hydroxyl groups is 1. The molecular formula is C12H18BrNOS. The third kappa shape index (κ3) is 3.29. The molecule has 0 aliphatic heterocycles. The smallest absolute Gasteiger partial charge is 0.0774 e. The van der Waals surface area contributed by atoms with E-state index in [2.05, 4.69) is 39.3 Å². The molecule has 0 bridgehead atoms. The van der Waals surface area contributed by atoms with Gasteiger partial charge in [0.15, 0.2) is 0 Å². The van der Waals surface area contributed by atoms with Crippen LogP contribution in [0.4, 0.5) is 0 Å². The first-order valence-electron chi connectivity index (χ1n) is 5.71. The Balaban J connectivity index is 1.86. The lowest BCUT2D eigenvalue weighted by atomic mass is 10.0. The molecule has 2 rings (SSSR count). The molecule has 2 nitrogen and oxygen atoms in total. The van der Waals surface area contributed by atoms with Crippen LogP contribution in [0.3, 0.4) is 0 Å². The second-order valence-electron chi connectivity index (χ2n) is 4.83. The summed E-state index contributed by atoms with van der Waals surface area (Å²) in [5, 5.41) is 12.4. The Bertz CT molecular complexity index is 347. The summed E-state index contributed by atoms with van der Waals surface area (Å²) < 4.78 is 1.15. The maximum atomic E-state index is 10.3. The van der Waals surface area contributed by atoms with Gasteiger partial charge in [0, 0.05) is 27.8 Å². The van der Waals surface area contributed by atoms with E-state index in [1.807, 2.05) is 0 Å². The number of likely N-dealkylation sites (N-methyl/N-ethyl adjacent to an activating group) is 1. The number of hydrogen-bond acceptors (Lipinski definition) is 3. The van der Waals surface area contributed by atoms with Crippen LogP contribution in [-0.4, -0.2) is 29.2 Å². The van der Waals surface area contributed by atoms with Crippen LogP contribution in [-0.2, 0) is 6.54 Å². The van der Waals surface area contributed by atoms with E-state index in [1.165, 1.54) is 17.7 Å². The van der Waals surface area contributed by atoms with Gasteiger partial charge in [0.1, 0.15) is 0 Å². The molecule has 1 aliphatic rings. The Hall–Kier alpha value is 0.1000. The summed E-state index contributed by atoms with van der Waals surface area (Å²) in [7, 11) is 2.09. The zero-order valence-electron chi connectivity index (χ0n) is 9.58. The van der Waals surface area contributed by atoms with Gasteiger partial charge in [-0.25, -0.2) is 0 Å². The maximum Gasteiger partial charge on any atom is 0.0774 e. The van der Waals surface area contributed by atoms with Gasteiger partial charge in [0.2, 0.25) is 0 Å². The van der Waals surface area contributed by atoms with Crippen molar-refractivity contribution in [3.05, 3.63) is 20.8 Å². The van der Waals surface area contributed by atoms with E-state index in [0.717, 1.165) is 30.4 Å². The number of halogens is 1. The van der Waals surface area contributed by atoms with E-state index >= 15 is 0 Å². The Morgan fingerprint density at radius 2 is 2.19 bits per heavy atom. The van der Waals surface area contributed by atoms with Gasteiger partial charge >= 0.3 is 0 Å². The monoisotopic (exact) mass is 303 g/mol. The highest BCUT2D eigenvalue weighted by Crippen LogP contribution is 2.30. The highest BCUT2D eigenvalue weighted by atomic mass is 79.9. The van der Waals surface area contributed by atoms with Crippen LogP contribution in [0.25, 0.3) is 0 Å². The van der Waals surface area contributed by atoms with Crippen LogP contribution in [0.5, 0.6) is 0 Å². The highest BCUT2D eigenvalue weighted by molar-refractivity contribution is 9.10. The van der Waals surface area contributed by atoms with Crippen molar-refractivity contribution in [1.29, 1.82) is 0 Å². The van der Waals surface area contributed by atoms with E-state index in [0.29, 0.717) is 0 Å². The van der Waals surface area contributed by atoms with Gasteiger partial charge in [0.05, 0.1) is 5.60 Å². The van der Waals surface area contributed by atoms with Crippen molar-refractivity contribution in [2.45, 2.75) is 37.8 Å². The predicted octanol–water partition coefficient (Wildman–Crippen LogP) is 3.25. The Morgan fingerprint density at radius 3 is 2.75 bits per heavy atom. The molecule has 1 aromatic heterocycles. The van der Waals surface area contributed by atoms with E-state index < -0.39 is 5.60 Å². The normalized spacial score (nSPS) is 19.5. The third-order valence-electron chi connectivity index (χ3n) is 3.15. The Kier molecular flexibility index (Phi) is 4.06. The lowest BCUT2D eigenvalue weighted by Gasteiger charge is -2.28. The summed E-state index contributed by atoms with van der Waals surface area (Å²) in [4.78, 5) is 3.57. The molecule has 90 valence electrons. The van der Waals surface area contributed by atoms with Crippen LogP contribution >= 0.6 is 27.3 Å². The Morgan fingerprint density at radius 1 is 1.50 bits per heavy atom. The first-order chi connectivity index (χ1) is 7.57. The molecule has 1 heterocycles. The zero-order valence-corrected chi connectivity index (χ0v) is 12.0. The zero-order chi connectivity index (χ0) is 11.6. The summed E-state index contributed by atoms with van der Waals surface area (Å²) in [5.74, 6) is 0. The lowest BCUT2D eigenvalue weighted by molar-refractivity contribution is 0.0147. The highest BCUT2D eigenvalue weighted by Gasteiger charge is 2.32. The minimum Gasteiger partial charge on any atom is -0.389 e. The average Bonchev–Trinajstić information content (AvgIpc) is 2.75. The number of nitrogens with zero attached hydrogens (tertiary/aromatic N) is 1. The molecule has 0 saturated heterocycles. The third-order valence-corrected chi connectivity index (χ3v) is 4.83. The largest absolute Gasteiger partial charge is 0.389 e. The van der Waals surface area contributed by atoms with Crippen LogP contribution in [0, 0.1) is 0 Å². The van der Waals surface area contributed by atoms with Crippen LogP contribution in [0.1, 0.15) is 30.6 Å². The van der Waals surface area contributed by atoms with Gasteiger partial charge < -0.3 is 5.11 Å². The SMILES string of the molecule is CN(Cc1cc(Br)cs1)CC1(O)CCCC1. The van der Waals surface area contributed by atoms with Crippen molar-refractivity contribution < 1.29 is 5.11 Å².